The highest BCUT2D eigenvalue weighted by atomic mass is 31.1. The fraction of sp³-hybridized carbons (Fsp3) is 0.290. The van der Waals surface area contributed by atoms with E-state index in [2.05, 4.69) is 114 Å². The Hall–Kier alpha value is -2.43. The third-order valence-electron chi connectivity index (χ3n) is 6.54. The SMILES string of the molecule is CCCCP1C(c2ccc(C)cc2C)=CC(c2ccccc2)=CC1c1ccc(C)cc1C. The zero-order valence-corrected chi connectivity index (χ0v) is 21.0. The van der Waals surface area contributed by atoms with Gasteiger partial charge in [0.25, 0.3) is 0 Å². The minimum Gasteiger partial charge on any atom is -0.0654 e. The van der Waals surface area contributed by atoms with Crippen molar-refractivity contribution >= 4 is 18.8 Å². The van der Waals surface area contributed by atoms with Gasteiger partial charge in [0.2, 0.25) is 0 Å². The second kappa shape index (κ2) is 10.0. The third kappa shape index (κ3) is 4.82. The van der Waals surface area contributed by atoms with E-state index in [4.69, 9.17) is 0 Å². The van der Waals surface area contributed by atoms with Gasteiger partial charge in [-0.25, -0.2) is 0 Å². The smallest absolute Gasteiger partial charge is 0.0273 e. The van der Waals surface area contributed by atoms with Crippen LogP contribution >= 0.6 is 7.92 Å². The summed E-state index contributed by atoms with van der Waals surface area (Å²) in [5, 5.41) is 1.57. The van der Waals surface area contributed by atoms with Gasteiger partial charge >= 0.3 is 0 Å². The lowest BCUT2D eigenvalue weighted by atomic mass is 9.96. The van der Waals surface area contributed by atoms with E-state index in [9.17, 15) is 0 Å². The highest BCUT2D eigenvalue weighted by Gasteiger charge is 2.30. The third-order valence-corrected chi connectivity index (χ3v) is 9.42. The van der Waals surface area contributed by atoms with Crippen molar-refractivity contribution in [3.63, 3.8) is 0 Å². The Morgan fingerprint density at radius 3 is 2.12 bits per heavy atom. The van der Waals surface area contributed by atoms with Crippen molar-refractivity contribution in [2.45, 2.75) is 53.1 Å². The quantitative estimate of drug-likeness (QED) is 0.336. The van der Waals surface area contributed by atoms with Crippen LogP contribution in [0.3, 0.4) is 0 Å². The summed E-state index contributed by atoms with van der Waals surface area (Å²) < 4.78 is 0. The summed E-state index contributed by atoms with van der Waals surface area (Å²) in [6.07, 6.45) is 8.88. The van der Waals surface area contributed by atoms with Crippen molar-refractivity contribution in [3.05, 3.63) is 118 Å². The maximum Gasteiger partial charge on any atom is 0.0273 e. The molecule has 0 spiro atoms. The summed E-state index contributed by atoms with van der Waals surface area (Å²) in [7, 11) is -0.341. The predicted molar refractivity (Wildman–Crippen MR) is 144 cm³/mol. The number of hydrogen-bond acceptors (Lipinski definition) is 0. The van der Waals surface area contributed by atoms with E-state index in [0.29, 0.717) is 5.66 Å². The van der Waals surface area contributed by atoms with Crippen LogP contribution in [-0.2, 0) is 0 Å². The van der Waals surface area contributed by atoms with Gasteiger partial charge in [0.15, 0.2) is 0 Å². The normalized spacial score (nSPS) is 18.3. The van der Waals surface area contributed by atoms with Crippen molar-refractivity contribution in [1.82, 2.24) is 0 Å². The van der Waals surface area contributed by atoms with E-state index in [1.54, 1.807) is 5.31 Å². The molecule has 3 aromatic rings. The summed E-state index contributed by atoms with van der Waals surface area (Å²) >= 11 is 0. The topological polar surface area (TPSA) is 0 Å². The highest BCUT2D eigenvalue weighted by molar-refractivity contribution is 7.69. The molecule has 1 aliphatic heterocycles. The fourth-order valence-corrected chi connectivity index (χ4v) is 8.14. The predicted octanol–water partition coefficient (Wildman–Crippen LogP) is 9.38. The Morgan fingerprint density at radius 2 is 1.47 bits per heavy atom. The van der Waals surface area contributed by atoms with E-state index < -0.39 is 0 Å². The van der Waals surface area contributed by atoms with Gasteiger partial charge in [0, 0.05) is 5.66 Å². The van der Waals surface area contributed by atoms with Gasteiger partial charge in [-0.2, -0.15) is 0 Å². The Labute approximate surface area is 195 Å². The first-order valence-corrected chi connectivity index (χ1v) is 13.5. The van der Waals surface area contributed by atoms with Crippen LogP contribution in [0.15, 0.2) is 78.9 Å². The lowest BCUT2D eigenvalue weighted by molar-refractivity contribution is 0.888. The number of benzene rings is 3. The average molecular weight is 439 g/mol. The summed E-state index contributed by atoms with van der Waals surface area (Å²) in [5.41, 5.74) is 11.6. The molecule has 0 N–H and O–H groups in total. The van der Waals surface area contributed by atoms with Crippen LogP contribution in [0.4, 0.5) is 0 Å². The summed E-state index contributed by atoms with van der Waals surface area (Å²) in [6.45, 7) is 11.3. The van der Waals surface area contributed by atoms with Gasteiger partial charge in [-0.05, 0) is 85.1 Å². The Morgan fingerprint density at radius 1 is 0.781 bits per heavy atom. The molecule has 164 valence electrons. The largest absolute Gasteiger partial charge is 0.0654 e. The summed E-state index contributed by atoms with van der Waals surface area (Å²) in [5.74, 6) is 0. The van der Waals surface area contributed by atoms with Gasteiger partial charge < -0.3 is 0 Å². The Kier molecular flexibility index (Phi) is 7.12. The zero-order chi connectivity index (χ0) is 22.7. The van der Waals surface area contributed by atoms with Crippen molar-refractivity contribution in [2.75, 3.05) is 6.16 Å². The minimum atomic E-state index is -0.341. The molecule has 0 aromatic heterocycles. The molecular weight excluding hydrogens is 403 g/mol. The molecule has 32 heavy (non-hydrogen) atoms. The van der Waals surface area contributed by atoms with Gasteiger partial charge in [0.1, 0.15) is 0 Å². The monoisotopic (exact) mass is 438 g/mol. The van der Waals surface area contributed by atoms with Crippen LogP contribution in [0.25, 0.3) is 10.9 Å². The lowest BCUT2D eigenvalue weighted by Crippen LogP contribution is -2.07. The number of aryl methyl sites for hydroxylation is 4. The fourth-order valence-electron chi connectivity index (χ4n) is 4.83. The number of hydrogen-bond donors (Lipinski definition) is 0. The Bertz CT molecular complexity index is 1150. The standard InChI is InChI=1S/C31H35P/c1-6-7-17-32-30(28-15-13-22(2)18-24(28)4)20-27(26-11-9-8-10-12-26)21-31(32)29-16-14-23(3)19-25(29)5/h8-16,18-21,30H,6-7,17H2,1-5H3. The molecule has 0 radical (unpaired) electrons. The second-order valence-electron chi connectivity index (χ2n) is 9.19. The van der Waals surface area contributed by atoms with Crippen LogP contribution in [0, 0.1) is 27.7 Å². The molecule has 4 rings (SSSR count). The zero-order valence-electron chi connectivity index (χ0n) is 20.2. The molecule has 0 fully saturated rings. The van der Waals surface area contributed by atoms with Crippen molar-refractivity contribution in [3.8, 4) is 0 Å². The molecule has 0 saturated heterocycles. The molecule has 0 saturated carbocycles. The molecule has 0 bridgehead atoms. The summed E-state index contributed by atoms with van der Waals surface area (Å²) in [4.78, 5) is 0. The molecule has 2 atom stereocenters. The average Bonchev–Trinajstić information content (AvgIpc) is 2.78. The van der Waals surface area contributed by atoms with Gasteiger partial charge in [0.05, 0.1) is 0 Å². The van der Waals surface area contributed by atoms with Gasteiger partial charge in [-0.3, -0.25) is 0 Å². The molecule has 1 heteroatoms. The van der Waals surface area contributed by atoms with Crippen LogP contribution in [-0.4, -0.2) is 6.16 Å². The maximum atomic E-state index is 2.57. The number of rotatable bonds is 6. The van der Waals surface area contributed by atoms with Crippen LogP contribution in [0.5, 0.6) is 0 Å². The lowest BCUT2D eigenvalue weighted by Gasteiger charge is -2.34. The van der Waals surface area contributed by atoms with E-state index in [0.717, 1.165) is 0 Å². The van der Waals surface area contributed by atoms with Gasteiger partial charge in [-0.15, -0.1) is 0 Å². The van der Waals surface area contributed by atoms with Crippen LogP contribution in [0.2, 0.25) is 0 Å². The maximum absolute atomic E-state index is 2.57. The van der Waals surface area contributed by atoms with Crippen molar-refractivity contribution < 1.29 is 0 Å². The molecule has 3 aromatic carbocycles. The Balaban J connectivity index is 1.92. The number of unbranched alkanes of at least 4 members (excludes halogenated alkanes) is 1. The number of allylic oxidation sites excluding steroid dienone is 3. The molecule has 1 aliphatic rings. The van der Waals surface area contributed by atoms with Gasteiger partial charge in [-0.1, -0.05) is 105 Å². The highest BCUT2D eigenvalue weighted by Crippen LogP contribution is 2.66. The van der Waals surface area contributed by atoms with Crippen LogP contribution < -0.4 is 0 Å². The molecule has 0 nitrogen and oxygen atoms in total. The van der Waals surface area contributed by atoms with E-state index >= 15 is 0 Å². The summed E-state index contributed by atoms with van der Waals surface area (Å²) in [6, 6.07) is 24.9. The molecule has 0 aliphatic carbocycles. The first-order chi connectivity index (χ1) is 15.5. The van der Waals surface area contributed by atoms with E-state index in [1.165, 1.54) is 63.5 Å². The minimum absolute atomic E-state index is 0.341. The second-order valence-corrected chi connectivity index (χ2v) is 11.6. The van der Waals surface area contributed by atoms with Crippen LogP contribution in [0.1, 0.15) is 64.4 Å². The molecule has 2 unspecified atom stereocenters. The van der Waals surface area contributed by atoms with Crippen molar-refractivity contribution in [1.29, 1.82) is 0 Å². The molecule has 0 amide bonds. The first kappa shape index (κ1) is 22.8. The van der Waals surface area contributed by atoms with E-state index in [-0.39, 0.29) is 7.92 Å². The first-order valence-electron chi connectivity index (χ1n) is 11.9. The molecular formula is C31H35P. The molecule has 1 heterocycles. The van der Waals surface area contributed by atoms with Crippen molar-refractivity contribution in [2.24, 2.45) is 0 Å². The van der Waals surface area contributed by atoms with E-state index in [1.807, 2.05) is 0 Å².